The van der Waals surface area contributed by atoms with Gasteiger partial charge in [-0.2, -0.15) is 0 Å². The molecule has 0 amide bonds. The van der Waals surface area contributed by atoms with E-state index in [1.54, 1.807) is 0 Å². The smallest absolute Gasteiger partial charge is 0.0457 e. The summed E-state index contributed by atoms with van der Waals surface area (Å²) in [5.74, 6) is 0. The van der Waals surface area contributed by atoms with E-state index in [9.17, 15) is 0 Å². The highest BCUT2D eigenvalue weighted by Gasteiger charge is 2.00. The van der Waals surface area contributed by atoms with Crippen molar-refractivity contribution in [2.45, 2.75) is 13.0 Å². The largest absolute Gasteiger partial charge is 0.361 e. The average Bonchev–Trinajstić information content (AvgIpc) is 2.94. The second-order valence-corrected chi connectivity index (χ2v) is 4.77. The third-order valence-electron chi connectivity index (χ3n) is 3.43. The van der Waals surface area contributed by atoms with E-state index < -0.39 is 0 Å². The van der Waals surface area contributed by atoms with E-state index in [0.29, 0.717) is 0 Å². The highest BCUT2D eigenvalue weighted by atomic mass is 14.8. The summed E-state index contributed by atoms with van der Waals surface area (Å²) in [6, 6.07) is 19.1. The van der Waals surface area contributed by atoms with Gasteiger partial charge in [0.2, 0.25) is 0 Å². The minimum absolute atomic E-state index is 0.919. The summed E-state index contributed by atoms with van der Waals surface area (Å²) < 4.78 is 0. The van der Waals surface area contributed by atoms with E-state index in [0.717, 1.165) is 19.5 Å². The molecule has 2 aromatic carbocycles. The second-order valence-electron chi connectivity index (χ2n) is 4.77. The zero-order chi connectivity index (χ0) is 12.9. The van der Waals surface area contributed by atoms with Crippen LogP contribution in [0, 0.1) is 0 Å². The molecule has 1 heterocycles. The van der Waals surface area contributed by atoms with E-state index in [1.165, 1.54) is 22.0 Å². The summed E-state index contributed by atoms with van der Waals surface area (Å²) in [7, 11) is 0. The van der Waals surface area contributed by atoms with Gasteiger partial charge in [-0.05, 0) is 36.2 Å². The Balaban J connectivity index is 1.57. The standard InChI is InChI=1S/C17H18N2/c1-2-5-14(6-3-1)9-11-18-13-15-7-4-8-17-16(15)10-12-19-17/h1-8,10,12,18-19H,9,11,13H2. The first-order valence-corrected chi connectivity index (χ1v) is 6.73. The van der Waals surface area contributed by atoms with Crippen LogP contribution in [0.15, 0.2) is 60.8 Å². The fraction of sp³-hybridized carbons (Fsp3) is 0.176. The van der Waals surface area contributed by atoms with Crippen molar-refractivity contribution in [2.75, 3.05) is 6.54 Å². The summed E-state index contributed by atoms with van der Waals surface area (Å²) >= 11 is 0. The normalized spacial score (nSPS) is 10.9. The predicted octanol–water partition coefficient (Wildman–Crippen LogP) is 3.50. The Kier molecular flexibility index (Phi) is 3.61. The van der Waals surface area contributed by atoms with Crippen LogP contribution in [-0.2, 0) is 13.0 Å². The van der Waals surface area contributed by atoms with Crippen molar-refractivity contribution in [1.29, 1.82) is 0 Å². The van der Waals surface area contributed by atoms with Crippen molar-refractivity contribution in [3.05, 3.63) is 71.9 Å². The molecule has 3 aromatic rings. The van der Waals surface area contributed by atoms with Gasteiger partial charge >= 0.3 is 0 Å². The quantitative estimate of drug-likeness (QED) is 0.666. The highest BCUT2D eigenvalue weighted by molar-refractivity contribution is 5.82. The third kappa shape index (κ3) is 2.85. The molecule has 2 heteroatoms. The first kappa shape index (κ1) is 12.0. The fourth-order valence-corrected chi connectivity index (χ4v) is 2.41. The van der Waals surface area contributed by atoms with Gasteiger partial charge in [-0.15, -0.1) is 0 Å². The molecule has 0 aliphatic rings. The molecule has 0 bridgehead atoms. The van der Waals surface area contributed by atoms with Gasteiger partial charge in [0.15, 0.2) is 0 Å². The zero-order valence-corrected chi connectivity index (χ0v) is 10.9. The molecule has 96 valence electrons. The van der Waals surface area contributed by atoms with Crippen molar-refractivity contribution in [3.63, 3.8) is 0 Å². The maximum absolute atomic E-state index is 3.52. The fourth-order valence-electron chi connectivity index (χ4n) is 2.41. The van der Waals surface area contributed by atoms with Crippen molar-refractivity contribution in [3.8, 4) is 0 Å². The van der Waals surface area contributed by atoms with Crippen LogP contribution in [0.2, 0.25) is 0 Å². The van der Waals surface area contributed by atoms with Crippen LogP contribution in [0.4, 0.5) is 0 Å². The first-order valence-electron chi connectivity index (χ1n) is 6.73. The van der Waals surface area contributed by atoms with Gasteiger partial charge in [0.1, 0.15) is 0 Å². The summed E-state index contributed by atoms with van der Waals surface area (Å²) in [6.45, 7) is 1.92. The van der Waals surface area contributed by atoms with Crippen LogP contribution in [0.25, 0.3) is 10.9 Å². The SMILES string of the molecule is c1ccc(CCNCc2cccc3[nH]ccc23)cc1. The Morgan fingerprint density at radius 2 is 1.79 bits per heavy atom. The number of aromatic amines is 1. The Labute approximate surface area is 113 Å². The minimum atomic E-state index is 0.919. The van der Waals surface area contributed by atoms with E-state index in [2.05, 4.69) is 64.9 Å². The lowest BCUT2D eigenvalue weighted by atomic mass is 10.1. The van der Waals surface area contributed by atoms with E-state index in [1.807, 2.05) is 6.20 Å². The van der Waals surface area contributed by atoms with Gasteiger partial charge in [-0.1, -0.05) is 42.5 Å². The van der Waals surface area contributed by atoms with E-state index >= 15 is 0 Å². The number of aromatic nitrogens is 1. The van der Waals surface area contributed by atoms with Crippen molar-refractivity contribution in [1.82, 2.24) is 10.3 Å². The molecular formula is C17H18N2. The second kappa shape index (κ2) is 5.72. The summed E-state index contributed by atoms with van der Waals surface area (Å²) in [5.41, 5.74) is 3.95. The molecule has 0 unspecified atom stereocenters. The van der Waals surface area contributed by atoms with Gasteiger partial charge in [0.25, 0.3) is 0 Å². The van der Waals surface area contributed by atoms with Crippen LogP contribution in [-0.4, -0.2) is 11.5 Å². The topological polar surface area (TPSA) is 27.8 Å². The summed E-state index contributed by atoms with van der Waals surface area (Å²) in [5, 5.41) is 4.83. The third-order valence-corrected chi connectivity index (χ3v) is 3.43. The van der Waals surface area contributed by atoms with Crippen LogP contribution in [0.1, 0.15) is 11.1 Å². The molecule has 0 aliphatic carbocycles. The number of rotatable bonds is 5. The number of hydrogen-bond donors (Lipinski definition) is 2. The number of fused-ring (bicyclic) bond motifs is 1. The molecule has 0 atom stereocenters. The maximum atomic E-state index is 3.52. The molecule has 0 saturated carbocycles. The Morgan fingerprint density at radius 3 is 2.68 bits per heavy atom. The lowest BCUT2D eigenvalue weighted by Gasteiger charge is -2.06. The number of H-pyrrole nitrogens is 1. The van der Waals surface area contributed by atoms with Crippen molar-refractivity contribution >= 4 is 10.9 Å². The molecule has 0 radical (unpaired) electrons. The van der Waals surface area contributed by atoms with E-state index in [-0.39, 0.29) is 0 Å². The van der Waals surface area contributed by atoms with Crippen molar-refractivity contribution in [2.24, 2.45) is 0 Å². The first-order chi connectivity index (χ1) is 9.43. The Morgan fingerprint density at radius 1 is 0.895 bits per heavy atom. The number of nitrogens with one attached hydrogen (secondary N) is 2. The molecule has 1 aromatic heterocycles. The highest BCUT2D eigenvalue weighted by Crippen LogP contribution is 2.16. The molecule has 0 saturated heterocycles. The molecule has 3 rings (SSSR count). The molecule has 0 spiro atoms. The average molecular weight is 250 g/mol. The van der Waals surface area contributed by atoms with Gasteiger partial charge in [0, 0.05) is 23.6 Å². The number of hydrogen-bond acceptors (Lipinski definition) is 1. The minimum Gasteiger partial charge on any atom is -0.361 e. The maximum Gasteiger partial charge on any atom is 0.0457 e. The van der Waals surface area contributed by atoms with Crippen LogP contribution < -0.4 is 5.32 Å². The van der Waals surface area contributed by atoms with Gasteiger partial charge in [-0.3, -0.25) is 0 Å². The lowest BCUT2D eigenvalue weighted by molar-refractivity contribution is 0.690. The molecule has 2 N–H and O–H groups in total. The predicted molar refractivity (Wildman–Crippen MR) is 80.2 cm³/mol. The molecule has 0 aliphatic heterocycles. The van der Waals surface area contributed by atoms with E-state index in [4.69, 9.17) is 0 Å². The Bertz CT molecular complexity index is 640. The molecule has 0 fully saturated rings. The summed E-state index contributed by atoms with van der Waals surface area (Å²) in [6.07, 6.45) is 3.07. The number of benzene rings is 2. The van der Waals surface area contributed by atoms with Crippen LogP contribution >= 0.6 is 0 Å². The van der Waals surface area contributed by atoms with Gasteiger partial charge < -0.3 is 10.3 Å². The van der Waals surface area contributed by atoms with Crippen LogP contribution in [0.5, 0.6) is 0 Å². The molecular weight excluding hydrogens is 232 g/mol. The summed E-state index contributed by atoms with van der Waals surface area (Å²) in [4.78, 5) is 3.25. The molecule has 19 heavy (non-hydrogen) atoms. The van der Waals surface area contributed by atoms with Gasteiger partial charge in [0.05, 0.1) is 0 Å². The lowest BCUT2D eigenvalue weighted by Crippen LogP contribution is -2.16. The van der Waals surface area contributed by atoms with Crippen LogP contribution in [0.3, 0.4) is 0 Å². The monoisotopic (exact) mass is 250 g/mol. The van der Waals surface area contributed by atoms with Crippen molar-refractivity contribution < 1.29 is 0 Å². The molecule has 2 nitrogen and oxygen atoms in total. The van der Waals surface area contributed by atoms with Gasteiger partial charge in [-0.25, -0.2) is 0 Å². The Hall–Kier alpha value is -2.06. The zero-order valence-electron chi connectivity index (χ0n) is 10.9.